The maximum atomic E-state index is 11.8. The summed E-state index contributed by atoms with van der Waals surface area (Å²) < 4.78 is 1.18. The van der Waals surface area contributed by atoms with Crippen LogP contribution in [0.25, 0.3) is 16.9 Å². The SMILES string of the molecule is O=C(O)c1cc(=O)n2[nH]c(-c3cccc(Cl)c3)cc2n1. The van der Waals surface area contributed by atoms with Crippen LogP contribution in [0.4, 0.5) is 0 Å². The molecule has 0 fully saturated rings. The third-order valence-corrected chi connectivity index (χ3v) is 3.04. The number of hydrogen-bond donors (Lipinski definition) is 2. The highest BCUT2D eigenvalue weighted by atomic mass is 35.5. The molecule has 0 amide bonds. The molecule has 0 bridgehead atoms. The van der Waals surface area contributed by atoms with Crippen LogP contribution in [0.3, 0.4) is 0 Å². The van der Waals surface area contributed by atoms with E-state index in [1.54, 1.807) is 24.3 Å². The van der Waals surface area contributed by atoms with Gasteiger partial charge < -0.3 is 5.11 Å². The van der Waals surface area contributed by atoms with Crippen LogP contribution in [0.15, 0.2) is 41.2 Å². The molecule has 0 radical (unpaired) electrons. The predicted octanol–water partition coefficient (Wildman–Crippen LogP) is 2.04. The van der Waals surface area contributed by atoms with E-state index < -0.39 is 11.5 Å². The number of rotatable bonds is 2. The summed E-state index contributed by atoms with van der Waals surface area (Å²) in [6.07, 6.45) is 0. The maximum absolute atomic E-state index is 11.8. The van der Waals surface area contributed by atoms with E-state index in [0.29, 0.717) is 10.7 Å². The van der Waals surface area contributed by atoms with Crippen molar-refractivity contribution in [2.75, 3.05) is 0 Å². The summed E-state index contributed by atoms with van der Waals surface area (Å²) in [7, 11) is 0. The summed E-state index contributed by atoms with van der Waals surface area (Å²) in [4.78, 5) is 26.6. The monoisotopic (exact) mass is 289 g/mol. The first-order valence-corrected chi connectivity index (χ1v) is 6.04. The van der Waals surface area contributed by atoms with Crippen molar-refractivity contribution in [3.8, 4) is 11.3 Å². The molecule has 0 aliphatic heterocycles. The molecule has 0 spiro atoms. The number of benzene rings is 1. The minimum absolute atomic E-state index is 0.241. The highest BCUT2D eigenvalue weighted by molar-refractivity contribution is 6.30. The lowest BCUT2D eigenvalue weighted by Gasteiger charge is -1.97. The van der Waals surface area contributed by atoms with Gasteiger partial charge in [0.2, 0.25) is 0 Å². The van der Waals surface area contributed by atoms with Crippen molar-refractivity contribution in [1.82, 2.24) is 14.6 Å². The van der Waals surface area contributed by atoms with Crippen molar-refractivity contribution in [3.05, 3.63) is 57.5 Å². The molecule has 2 N–H and O–H groups in total. The lowest BCUT2D eigenvalue weighted by Crippen LogP contribution is -2.17. The van der Waals surface area contributed by atoms with E-state index in [2.05, 4.69) is 10.1 Å². The Balaban J connectivity index is 2.23. The Labute approximate surface area is 117 Å². The molecule has 1 aromatic carbocycles. The molecule has 2 heterocycles. The molecule has 6 nitrogen and oxygen atoms in total. The van der Waals surface area contributed by atoms with Crippen molar-refractivity contribution in [2.45, 2.75) is 0 Å². The summed E-state index contributed by atoms with van der Waals surface area (Å²) in [5.74, 6) is -1.24. The van der Waals surface area contributed by atoms with Crippen LogP contribution in [0.2, 0.25) is 5.02 Å². The summed E-state index contributed by atoms with van der Waals surface area (Å²) >= 11 is 5.92. The smallest absolute Gasteiger partial charge is 0.354 e. The van der Waals surface area contributed by atoms with E-state index in [1.807, 2.05) is 6.07 Å². The molecule has 20 heavy (non-hydrogen) atoms. The normalized spacial score (nSPS) is 10.8. The van der Waals surface area contributed by atoms with Crippen LogP contribution in [0.5, 0.6) is 0 Å². The van der Waals surface area contributed by atoms with E-state index >= 15 is 0 Å². The van der Waals surface area contributed by atoms with Gasteiger partial charge in [0.25, 0.3) is 5.56 Å². The summed E-state index contributed by atoms with van der Waals surface area (Å²) in [6.45, 7) is 0. The minimum Gasteiger partial charge on any atom is -0.477 e. The van der Waals surface area contributed by atoms with Gasteiger partial charge in [0.15, 0.2) is 11.3 Å². The number of nitrogens with zero attached hydrogens (tertiary/aromatic N) is 2. The van der Waals surface area contributed by atoms with Gasteiger partial charge in [-0.05, 0) is 12.1 Å². The molecular formula is C13H8ClN3O3. The fourth-order valence-electron chi connectivity index (χ4n) is 1.90. The lowest BCUT2D eigenvalue weighted by atomic mass is 10.1. The lowest BCUT2D eigenvalue weighted by molar-refractivity contribution is 0.0690. The van der Waals surface area contributed by atoms with E-state index in [-0.39, 0.29) is 11.3 Å². The van der Waals surface area contributed by atoms with Crippen molar-refractivity contribution in [3.63, 3.8) is 0 Å². The van der Waals surface area contributed by atoms with Crippen molar-refractivity contribution < 1.29 is 9.90 Å². The Morgan fingerprint density at radius 2 is 2.10 bits per heavy atom. The number of carbonyl (C=O) groups is 1. The molecule has 0 atom stereocenters. The average molecular weight is 290 g/mol. The van der Waals surface area contributed by atoms with Gasteiger partial charge in [0.05, 0.1) is 5.69 Å². The first-order valence-electron chi connectivity index (χ1n) is 5.66. The first-order chi connectivity index (χ1) is 9.54. The third-order valence-electron chi connectivity index (χ3n) is 2.81. The highest BCUT2D eigenvalue weighted by Crippen LogP contribution is 2.21. The van der Waals surface area contributed by atoms with Crippen LogP contribution in [0.1, 0.15) is 10.5 Å². The zero-order valence-electron chi connectivity index (χ0n) is 10.0. The Morgan fingerprint density at radius 1 is 1.30 bits per heavy atom. The minimum atomic E-state index is -1.24. The highest BCUT2D eigenvalue weighted by Gasteiger charge is 2.11. The zero-order valence-corrected chi connectivity index (χ0v) is 10.8. The number of aromatic amines is 1. The van der Waals surface area contributed by atoms with E-state index in [1.165, 1.54) is 4.52 Å². The molecular weight excluding hydrogens is 282 g/mol. The Morgan fingerprint density at radius 3 is 2.80 bits per heavy atom. The summed E-state index contributed by atoms with van der Waals surface area (Å²) in [6, 6.07) is 9.63. The van der Waals surface area contributed by atoms with Gasteiger partial charge in [-0.1, -0.05) is 23.7 Å². The summed E-state index contributed by atoms with van der Waals surface area (Å²) in [5.41, 5.74) is 0.871. The number of halogens is 1. The number of fused-ring (bicyclic) bond motifs is 1. The Bertz CT molecular complexity index is 882. The Hall–Kier alpha value is -2.60. The van der Waals surface area contributed by atoms with Crippen LogP contribution < -0.4 is 5.56 Å². The number of hydrogen-bond acceptors (Lipinski definition) is 3. The fraction of sp³-hybridized carbons (Fsp3) is 0. The van der Waals surface area contributed by atoms with Crippen LogP contribution in [-0.2, 0) is 0 Å². The van der Waals surface area contributed by atoms with E-state index in [9.17, 15) is 9.59 Å². The van der Waals surface area contributed by atoms with Gasteiger partial charge in [0.1, 0.15) is 0 Å². The van der Waals surface area contributed by atoms with Gasteiger partial charge in [0, 0.05) is 22.7 Å². The van der Waals surface area contributed by atoms with Crippen molar-refractivity contribution in [1.29, 1.82) is 0 Å². The predicted molar refractivity (Wildman–Crippen MR) is 73.2 cm³/mol. The number of H-pyrrole nitrogens is 1. The topological polar surface area (TPSA) is 87.5 Å². The first kappa shape index (κ1) is 12.4. The van der Waals surface area contributed by atoms with E-state index in [4.69, 9.17) is 16.7 Å². The van der Waals surface area contributed by atoms with Gasteiger partial charge in [-0.2, -0.15) is 0 Å². The quantitative estimate of drug-likeness (QED) is 0.756. The Kier molecular flexibility index (Phi) is 2.80. The molecule has 0 aliphatic rings. The molecule has 0 saturated heterocycles. The second-order valence-corrected chi connectivity index (χ2v) is 4.59. The molecule has 3 rings (SSSR count). The molecule has 7 heteroatoms. The number of aromatic nitrogens is 3. The second kappa shape index (κ2) is 4.50. The van der Waals surface area contributed by atoms with Crippen LogP contribution in [0, 0.1) is 0 Å². The largest absolute Gasteiger partial charge is 0.477 e. The number of carboxylic acids is 1. The standard InChI is InChI=1S/C13H8ClN3O3/c14-8-3-1-2-7(4-8)9-5-11-15-10(13(19)20)6-12(18)17(11)16-9/h1-6,16H,(H,19,20). The molecule has 0 unspecified atom stereocenters. The van der Waals surface area contributed by atoms with E-state index in [0.717, 1.165) is 11.6 Å². The average Bonchev–Trinajstić information content (AvgIpc) is 2.83. The summed E-state index contributed by atoms with van der Waals surface area (Å²) in [5, 5.41) is 12.3. The molecule has 0 aliphatic carbocycles. The number of carboxylic acid groups (broad SMARTS) is 1. The molecule has 3 aromatic rings. The van der Waals surface area contributed by atoms with Gasteiger partial charge >= 0.3 is 5.97 Å². The van der Waals surface area contributed by atoms with Gasteiger partial charge in [-0.3, -0.25) is 9.89 Å². The fourth-order valence-corrected chi connectivity index (χ4v) is 2.09. The maximum Gasteiger partial charge on any atom is 0.354 e. The third kappa shape index (κ3) is 2.06. The van der Waals surface area contributed by atoms with Crippen LogP contribution in [-0.4, -0.2) is 25.7 Å². The zero-order chi connectivity index (χ0) is 14.3. The molecule has 2 aromatic heterocycles. The van der Waals surface area contributed by atoms with Gasteiger partial charge in [-0.15, -0.1) is 0 Å². The number of nitrogens with one attached hydrogen (secondary N) is 1. The van der Waals surface area contributed by atoms with Crippen molar-refractivity contribution in [2.24, 2.45) is 0 Å². The van der Waals surface area contributed by atoms with Crippen LogP contribution >= 0.6 is 11.6 Å². The molecule has 100 valence electrons. The number of aromatic carboxylic acids is 1. The van der Waals surface area contributed by atoms with Crippen molar-refractivity contribution >= 4 is 23.2 Å². The van der Waals surface area contributed by atoms with Gasteiger partial charge in [-0.25, -0.2) is 14.3 Å². The second-order valence-electron chi connectivity index (χ2n) is 4.16. The molecule has 0 saturated carbocycles.